The van der Waals surface area contributed by atoms with E-state index < -0.39 is 11.6 Å². The summed E-state index contributed by atoms with van der Waals surface area (Å²) in [6.45, 7) is 2.50. The third-order valence-corrected chi connectivity index (χ3v) is 6.36. The van der Waals surface area contributed by atoms with Crippen molar-refractivity contribution in [1.82, 2.24) is 4.90 Å². The number of amides is 3. The van der Waals surface area contributed by atoms with Gasteiger partial charge in [0.15, 0.2) is 0 Å². The number of nitrogens with zero attached hydrogens (tertiary/aromatic N) is 2. The third-order valence-electron chi connectivity index (χ3n) is 6.36. The van der Waals surface area contributed by atoms with Crippen LogP contribution in [0.1, 0.15) is 35.7 Å². The van der Waals surface area contributed by atoms with Gasteiger partial charge < -0.3 is 15.0 Å². The van der Waals surface area contributed by atoms with E-state index in [9.17, 15) is 14.4 Å². The Morgan fingerprint density at radius 3 is 2.47 bits per heavy atom. The molecule has 2 heterocycles. The lowest BCUT2D eigenvalue weighted by Gasteiger charge is -2.49. The number of nitrogens with one attached hydrogen (secondary N) is 1. The van der Waals surface area contributed by atoms with Crippen molar-refractivity contribution in [2.24, 2.45) is 0 Å². The Balaban J connectivity index is 1.63. The summed E-state index contributed by atoms with van der Waals surface area (Å²) in [5.74, 6) is -0.378. The van der Waals surface area contributed by atoms with Gasteiger partial charge in [0.2, 0.25) is 11.6 Å². The van der Waals surface area contributed by atoms with E-state index in [0.29, 0.717) is 29.3 Å². The van der Waals surface area contributed by atoms with Gasteiger partial charge in [0.1, 0.15) is 5.75 Å². The molecule has 7 heteroatoms. The minimum Gasteiger partial charge on any atom is -0.492 e. The number of hydrogen-bond acceptors (Lipinski definition) is 4. The predicted molar refractivity (Wildman–Crippen MR) is 128 cm³/mol. The van der Waals surface area contributed by atoms with Crippen LogP contribution in [0.5, 0.6) is 5.75 Å². The normalized spacial score (nSPS) is 19.0. The zero-order valence-electron chi connectivity index (χ0n) is 18.9. The van der Waals surface area contributed by atoms with E-state index in [4.69, 9.17) is 4.74 Å². The zero-order valence-corrected chi connectivity index (χ0v) is 18.9. The molecule has 1 atom stereocenters. The molecule has 1 N–H and O–H groups in total. The molecule has 0 radical (unpaired) electrons. The minimum absolute atomic E-state index is 0.160. The molecule has 34 heavy (non-hydrogen) atoms. The van der Waals surface area contributed by atoms with Crippen LogP contribution in [-0.4, -0.2) is 34.9 Å². The first-order valence-corrected chi connectivity index (χ1v) is 11.4. The molecule has 0 aliphatic carbocycles. The van der Waals surface area contributed by atoms with Crippen LogP contribution in [0.3, 0.4) is 0 Å². The highest BCUT2D eigenvalue weighted by atomic mass is 16.5. The maximum Gasteiger partial charge on any atom is 0.271 e. The van der Waals surface area contributed by atoms with Crippen LogP contribution < -0.4 is 15.0 Å². The molecule has 172 valence electrons. The van der Waals surface area contributed by atoms with Gasteiger partial charge in [-0.3, -0.25) is 19.3 Å². The third kappa shape index (κ3) is 3.41. The van der Waals surface area contributed by atoms with E-state index in [1.165, 1.54) is 9.80 Å². The first-order chi connectivity index (χ1) is 16.6. The van der Waals surface area contributed by atoms with E-state index >= 15 is 0 Å². The quantitative estimate of drug-likeness (QED) is 0.604. The molecule has 3 aromatic rings. The topological polar surface area (TPSA) is 79.0 Å². The Hall–Kier alpha value is -4.13. The molecule has 3 amide bonds. The van der Waals surface area contributed by atoms with Crippen LogP contribution in [0.4, 0.5) is 11.4 Å². The Kier molecular flexibility index (Phi) is 5.53. The second-order valence-corrected chi connectivity index (χ2v) is 8.32. The van der Waals surface area contributed by atoms with Gasteiger partial charge in [0.25, 0.3) is 11.8 Å². The van der Waals surface area contributed by atoms with Gasteiger partial charge in [-0.2, -0.15) is 0 Å². The van der Waals surface area contributed by atoms with E-state index in [1.54, 1.807) is 42.5 Å². The number of carbonyl (C=O) groups is 3. The molecule has 0 aromatic heterocycles. The second kappa shape index (κ2) is 8.67. The van der Waals surface area contributed by atoms with Crippen molar-refractivity contribution < 1.29 is 19.1 Å². The Bertz CT molecular complexity index is 1260. The highest BCUT2D eigenvalue weighted by Crippen LogP contribution is 2.46. The minimum atomic E-state index is -1.49. The van der Waals surface area contributed by atoms with Crippen molar-refractivity contribution in [2.45, 2.75) is 32.0 Å². The lowest BCUT2D eigenvalue weighted by Crippen LogP contribution is -2.69. The zero-order chi connectivity index (χ0) is 23.7. The number of anilines is 2. The number of carbonyl (C=O) groups excluding carboxylic acids is 3. The van der Waals surface area contributed by atoms with Crippen molar-refractivity contribution in [3.05, 3.63) is 90.0 Å². The molecule has 0 saturated carbocycles. The SMILES string of the molecule is CCOc1ccccc1NC(=O)[C@@]12CCC(=O)N1c1ccccc1C(=O)N2Cc1ccccc1. The van der Waals surface area contributed by atoms with Crippen molar-refractivity contribution in [2.75, 3.05) is 16.8 Å². The summed E-state index contributed by atoms with van der Waals surface area (Å²) >= 11 is 0. The van der Waals surface area contributed by atoms with Gasteiger partial charge in [0.05, 0.1) is 23.5 Å². The van der Waals surface area contributed by atoms with Crippen LogP contribution in [0.15, 0.2) is 78.9 Å². The van der Waals surface area contributed by atoms with Gasteiger partial charge in [-0.05, 0) is 36.8 Å². The van der Waals surface area contributed by atoms with Crippen molar-refractivity contribution >= 4 is 29.1 Å². The molecule has 5 rings (SSSR count). The lowest BCUT2D eigenvalue weighted by atomic mass is 9.94. The number of hydrogen-bond donors (Lipinski definition) is 1. The smallest absolute Gasteiger partial charge is 0.271 e. The van der Waals surface area contributed by atoms with Gasteiger partial charge in [-0.1, -0.05) is 54.6 Å². The lowest BCUT2D eigenvalue weighted by molar-refractivity contribution is -0.129. The summed E-state index contributed by atoms with van der Waals surface area (Å²) in [5, 5.41) is 2.96. The van der Waals surface area contributed by atoms with Crippen LogP contribution in [0.25, 0.3) is 0 Å². The summed E-state index contributed by atoms with van der Waals surface area (Å²) in [6.07, 6.45) is 0.356. The maximum atomic E-state index is 14.1. The van der Waals surface area contributed by atoms with Crippen molar-refractivity contribution in [3.63, 3.8) is 0 Å². The molecular weight excluding hydrogens is 430 g/mol. The first-order valence-electron chi connectivity index (χ1n) is 11.4. The van der Waals surface area contributed by atoms with E-state index in [2.05, 4.69) is 5.32 Å². The molecule has 7 nitrogen and oxygen atoms in total. The average Bonchev–Trinajstić information content (AvgIpc) is 3.22. The molecule has 2 aliphatic rings. The largest absolute Gasteiger partial charge is 0.492 e. The Labute approximate surface area is 197 Å². The molecule has 0 spiro atoms. The van der Waals surface area contributed by atoms with E-state index in [0.717, 1.165) is 5.56 Å². The summed E-state index contributed by atoms with van der Waals surface area (Å²) in [5.41, 5.74) is 0.752. The summed E-state index contributed by atoms with van der Waals surface area (Å²) in [6, 6.07) is 23.6. The van der Waals surface area contributed by atoms with Gasteiger partial charge in [-0.25, -0.2) is 0 Å². The van der Waals surface area contributed by atoms with Crippen LogP contribution in [-0.2, 0) is 16.1 Å². The highest BCUT2D eigenvalue weighted by Gasteiger charge is 2.60. The molecule has 3 aromatic carbocycles. The van der Waals surface area contributed by atoms with Gasteiger partial charge in [-0.15, -0.1) is 0 Å². The van der Waals surface area contributed by atoms with Crippen LogP contribution in [0.2, 0.25) is 0 Å². The number of para-hydroxylation sites is 3. The molecule has 0 bridgehead atoms. The Morgan fingerprint density at radius 1 is 0.971 bits per heavy atom. The molecule has 2 aliphatic heterocycles. The highest BCUT2D eigenvalue weighted by molar-refractivity contribution is 6.18. The standard InChI is InChI=1S/C27H25N3O4/c1-2-34-23-15-9-7-13-21(23)28-26(33)27-17-16-24(31)30(27)22-14-8-6-12-20(22)25(32)29(27)18-19-10-4-3-5-11-19/h3-15H,2,16-18H2,1H3,(H,28,33)/t27-/m1/s1. The maximum absolute atomic E-state index is 14.1. The number of benzene rings is 3. The Morgan fingerprint density at radius 2 is 1.68 bits per heavy atom. The second-order valence-electron chi connectivity index (χ2n) is 8.32. The summed E-state index contributed by atoms with van der Waals surface area (Å²) in [7, 11) is 0. The number of ether oxygens (including phenoxy) is 1. The summed E-state index contributed by atoms with van der Waals surface area (Å²) < 4.78 is 5.68. The first kappa shape index (κ1) is 21.7. The van der Waals surface area contributed by atoms with E-state index in [-0.39, 0.29) is 31.2 Å². The van der Waals surface area contributed by atoms with Gasteiger partial charge in [0, 0.05) is 19.4 Å². The monoisotopic (exact) mass is 455 g/mol. The van der Waals surface area contributed by atoms with Crippen LogP contribution >= 0.6 is 0 Å². The molecule has 1 saturated heterocycles. The molecular formula is C27H25N3O4. The summed E-state index contributed by atoms with van der Waals surface area (Å²) in [4.78, 5) is 44.1. The fourth-order valence-electron chi connectivity index (χ4n) is 4.84. The molecule has 1 fully saturated rings. The average molecular weight is 456 g/mol. The van der Waals surface area contributed by atoms with Gasteiger partial charge >= 0.3 is 0 Å². The van der Waals surface area contributed by atoms with E-state index in [1.807, 2.05) is 43.3 Å². The molecule has 0 unspecified atom stereocenters. The van der Waals surface area contributed by atoms with Crippen LogP contribution in [0, 0.1) is 0 Å². The van der Waals surface area contributed by atoms with Crippen molar-refractivity contribution in [1.29, 1.82) is 0 Å². The van der Waals surface area contributed by atoms with Crippen molar-refractivity contribution in [3.8, 4) is 5.75 Å². The number of fused-ring (bicyclic) bond motifs is 3. The number of rotatable bonds is 6. The fourth-order valence-corrected chi connectivity index (χ4v) is 4.84. The fraction of sp³-hybridized carbons (Fsp3) is 0.222. The predicted octanol–water partition coefficient (Wildman–Crippen LogP) is 4.20.